The number of carbonyl (C=O) groups is 3. The summed E-state index contributed by atoms with van der Waals surface area (Å²) < 4.78 is 19.1. The number of amides is 4. The number of ether oxygens (including phenoxy) is 1. The van der Waals surface area contributed by atoms with Crippen molar-refractivity contribution in [3.05, 3.63) is 95.3 Å². The first kappa shape index (κ1) is 24.4. The van der Waals surface area contributed by atoms with E-state index in [0.29, 0.717) is 29.0 Å². The molecule has 1 fully saturated rings. The standard InChI is InChI=1S/C27H23FN4O4/c1-27(20-8-10-21(28)11-9-20)25(34)32(26(35)31-27)16-24(33)30-23-5-3-2-4-19(23)17-36-22-12-6-18(7-13-22)14-15-29/h2-13H,14,16-17H2,1H3,(H,30,33)(H,31,35). The van der Waals surface area contributed by atoms with Crippen LogP contribution in [0.4, 0.5) is 14.9 Å². The summed E-state index contributed by atoms with van der Waals surface area (Å²) in [6.45, 7) is 1.19. The Kier molecular flexibility index (Phi) is 6.97. The molecule has 0 spiro atoms. The summed E-state index contributed by atoms with van der Waals surface area (Å²) in [5.74, 6) is -1.02. The lowest BCUT2D eigenvalue weighted by Gasteiger charge is -2.22. The van der Waals surface area contributed by atoms with Crippen LogP contribution >= 0.6 is 0 Å². The third kappa shape index (κ3) is 5.18. The average Bonchev–Trinajstić information content (AvgIpc) is 3.08. The van der Waals surface area contributed by atoms with Gasteiger partial charge in [-0.25, -0.2) is 9.18 Å². The zero-order valence-corrected chi connectivity index (χ0v) is 19.5. The van der Waals surface area contributed by atoms with Crippen LogP contribution in [0.15, 0.2) is 72.8 Å². The van der Waals surface area contributed by atoms with Gasteiger partial charge in [0.05, 0.1) is 12.5 Å². The van der Waals surface area contributed by atoms with Gasteiger partial charge < -0.3 is 15.4 Å². The van der Waals surface area contributed by atoms with Gasteiger partial charge in [-0.1, -0.05) is 42.5 Å². The third-order valence-electron chi connectivity index (χ3n) is 5.89. The predicted octanol–water partition coefficient (Wildman–Crippen LogP) is 3.88. The highest BCUT2D eigenvalue weighted by Gasteiger charge is 2.49. The maximum absolute atomic E-state index is 13.3. The van der Waals surface area contributed by atoms with Crippen LogP contribution in [0.25, 0.3) is 0 Å². The van der Waals surface area contributed by atoms with Gasteiger partial charge in [0.2, 0.25) is 5.91 Å². The van der Waals surface area contributed by atoms with E-state index in [-0.39, 0.29) is 6.61 Å². The Morgan fingerprint density at radius 1 is 1.08 bits per heavy atom. The Labute approximate surface area is 207 Å². The number of anilines is 1. The first-order chi connectivity index (χ1) is 17.3. The third-order valence-corrected chi connectivity index (χ3v) is 5.89. The smallest absolute Gasteiger partial charge is 0.325 e. The van der Waals surface area contributed by atoms with E-state index >= 15 is 0 Å². The summed E-state index contributed by atoms with van der Waals surface area (Å²) in [6.07, 6.45) is 0.315. The predicted molar refractivity (Wildman–Crippen MR) is 129 cm³/mol. The van der Waals surface area contributed by atoms with Crippen LogP contribution in [0.1, 0.15) is 23.6 Å². The van der Waals surface area contributed by atoms with Crippen LogP contribution in [0.2, 0.25) is 0 Å². The minimum Gasteiger partial charge on any atom is -0.489 e. The van der Waals surface area contributed by atoms with Crippen molar-refractivity contribution in [3.8, 4) is 11.8 Å². The second-order valence-corrected chi connectivity index (χ2v) is 8.43. The van der Waals surface area contributed by atoms with Gasteiger partial charge in [0, 0.05) is 11.3 Å². The summed E-state index contributed by atoms with van der Waals surface area (Å²) in [6, 6.07) is 20.8. The number of hydrogen-bond donors (Lipinski definition) is 2. The lowest BCUT2D eigenvalue weighted by Crippen LogP contribution is -2.42. The highest BCUT2D eigenvalue weighted by atomic mass is 19.1. The van der Waals surface area contributed by atoms with Gasteiger partial charge >= 0.3 is 6.03 Å². The molecule has 1 aliphatic rings. The van der Waals surface area contributed by atoms with Crippen LogP contribution in [-0.4, -0.2) is 29.3 Å². The number of halogens is 1. The molecular formula is C27H23FN4O4. The highest BCUT2D eigenvalue weighted by Crippen LogP contribution is 2.29. The highest BCUT2D eigenvalue weighted by molar-refractivity contribution is 6.10. The summed E-state index contributed by atoms with van der Waals surface area (Å²) >= 11 is 0. The maximum Gasteiger partial charge on any atom is 0.325 e. The molecular weight excluding hydrogens is 463 g/mol. The lowest BCUT2D eigenvalue weighted by molar-refractivity contribution is -0.133. The first-order valence-corrected chi connectivity index (χ1v) is 11.2. The second kappa shape index (κ2) is 10.3. The van der Waals surface area contributed by atoms with Crippen LogP contribution in [0.5, 0.6) is 5.75 Å². The molecule has 2 N–H and O–H groups in total. The number of hydrogen-bond acceptors (Lipinski definition) is 5. The maximum atomic E-state index is 13.3. The van der Waals surface area contributed by atoms with Gasteiger partial charge in [-0.15, -0.1) is 0 Å². The summed E-state index contributed by atoms with van der Waals surface area (Å²) in [7, 11) is 0. The summed E-state index contributed by atoms with van der Waals surface area (Å²) in [5, 5.41) is 14.1. The number of benzene rings is 3. The molecule has 0 aliphatic carbocycles. The molecule has 9 heteroatoms. The van der Waals surface area contributed by atoms with Crippen molar-refractivity contribution in [1.29, 1.82) is 5.26 Å². The molecule has 0 bridgehead atoms. The van der Waals surface area contributed by atoms with E-state index in [4.69, 9.17) is 10.00 Å². The quantitative estimate of drug-likeness (QED) is 0.470. The van der Waals surface area contributed by atoms with Crippen molar-refractivity contribution in [1.82, 2.24) is 10.2 Å². The molecule has 1 unspecified atom stereocenters. The van der Waals surface area contributed by atoms with E-state index < -0.39 is 35.7 Å². The normalized spacial score (nSPS) is 16.9. The molecule has 0 radical (unpaired) electrons. The van der Waals surface area contributed by atoms with Crippen molar-refractivity contribution >= 4 is 23.5 Å². The van der Waals surface area contributed by atoms with Crippen LogP contribution < -0.4 is 15.4 Å². The number of carbonyl (C=O) groups excluding carboxylic acids is 3. The second-order valence-electron chi connectivity index (χ2n) is 8.43. The van der Waals surface area contributed by atoms with Crippen molar-refractivity contribution < 1.29 is 23.5 Å². The monoisotopic (exact) mass is 486 g/mol. The molecule has 1 saturated heterocycles. The Hall–Kier alpha value is -4.71. The van der Waals surface area contributed by atoms with E-state index in [1.807, 2.05) is 12.1 Å². The molecule has 4 rings (SSSR count). The number of imide groups is 1. The summed E-state index contributed by atoms with van der Waals surface area (Å²) in [5.41, 5.74) is 1.07. The molecule has 182 valence electrons. The molecule has 0 saturated carbocycles. The van der Waals surface area contributed by atoms with Crippen molar-refractivity contribution in [2.75, 3.05) is 11.9 Å². The molecule has 3 aromatic carbocycles. The zero-order valence-electron chi connectivity index (χ0n) is 19.5. The summed E-state index contributed by atoms with van der Waals surface area (Å²) in [4.78, 5) is 39.2. The van der Waals surface area contributed by atoms with Gasteiger partial charge in [-0.05, 0) is 48.4 Å². The average molecular weight is 487 g/mol. The van der Waals surface area contributed by atoms with Crippen LogP contribution in [0.3, 0.4) is 0 Å². The SMILES string of the molecule is CC1(c2ccc(F)cc2)NC(=O)N(CC(=O)Nc2ccccc2COc2ccc(CC#N)cc2)C1=O. The Bertz CT molecular complexity index is 1340. The number of urea groups is 1. The van der Waals surface area contributed by atoms with E-state index in [1.54, 1.807) is 36.4 Å². The molecule has 4 amide bonds. The number of rotatable bonds is 8. The molecule has 1 heterocycles. The minimum absolute atomic E-state index is 0.166. The number of nitriles is 1. The van der Waals surface area contributed by atoms with Gasteiger partial charge in [0.25, 0.3) is 5.91 Å². The number of nitrogens with one attached hydrogen (secondary N) is 2. The molecule has 36 heavy (non-hydrogen) atoms. The van der Waals surface area contributed by atoms with E-state index in [1.165, 1.54) is 31.2 Å². The van der Waals surface area contributed by atoms with Gasteiger partial charge in [-0.3, -0.25) is 14.5 Å². The minimum atomic E-state index is -1.40. The first-order valence-electron chi connectivity index (χ1n) is 11.2. The number of nitrogens with zero attached hydrogens (tertiary/aromatic N) is 2. The number of para-hydroxylation sites is 1. The Morgan fingerprint density at radius 2 is 1.78 bits per heavy atom. The van der Waals surface area contributed by atoms with E-state index in [2.05, 4.69) is 16.7 Å². The van der Waals surface area contributed by atoms with Crippen molar-refractivity contribution in [2.24, 2.45) is 0 Å². The Balaban J connectivity index is 1.40. The van der Waals surface area contributed by atoms with E-state index in [0.717, 1.165) is 10.5 Å². The van der Waals surface area contributed by atoms with Gasteiger partial charge in [-0.2, -0.15) is 5.26 Å². The topological polar surface area (TPSA) is 112 Å². The van der Waals surface area contributed by atoms with Crippen molar-refractivity contribution in [3.63, 3.8) is 0 Å². The largest absolute Gasteiger partial charge is 0.489 e. The van der Waals surface area contributed by atoms with Crippen LogP contribution in [-0.2, 0) is 28.2 Å². The van der Waals surface area contributed by atoms with Gasteiger partial charge in [0.15, 0.2) is 0 Å². The zero-order chi connectivity index (χ0) is 25.7. The molecule has 0 aromatic heterocycles. The molecule has 1 atom stereocenters. The van der Waals surface area contributed by atoms with Crippen LogP contribution in [0, 0.1) is 17.1 Å². The molecule has 1 aliphatic heterocycles. The molecule has 8 nitrogen and oxygen atoms in total. The molecule has 3 aromatic rings. The Morgan fingerprint density at radius 3 is 2.47 bits per heavy atom. The van der Waals surface area contributed by atoms with E-state index in [9.17, 15) is 18.8 Å². The fourth-order valence-corrected chi connectivity index (χ4v) is 3.88. The van der Waals surface area contributed by atoms with Crippen molar-refractivity contribution in [2.45, 2.75) is 25.5 Å². The fourth-order valence-electron chi connectivity index (χ4n) is 3.88. The van der Waals surface area contributed by atoms with Gasteiger partial charge in [0.1, 0.15) is 30.3 Å². The fraction of sp³-hybridized carbons (Fsp3) is 0.185. The lowest BCUT2D eigenvalue weighted by atomic mass is 9.92.